The second-order valence-electron chi connectivity index (χ2n) is 3.89. The quantitative estimate of drug-likeness (QED) is 0.820. The minimum Gasteiger partial charge on any atom is -0.388 e. The molecule has 0 atom stereocenters. The molecular weight excluding hydrogens is 264 g/mol. The molecule has 0 saturated carbocycles. The zero-order valence-corrected chi connectivity index (χ0v) is 11.6. The Balaban J connectivity index is 1.98. The lowest BCUT2D eigenvalue weighted by atomic mass is 10.2. The van der Waals surface area contributed by atoms with Gasteiger partial charge in [-0.1, -0.05) is 12.2 Å². The maximum Gasteiger partial charge on any atom is 0.223 e. The van der Waals surface area contributed by atoms with Gasteiger partial charge in [-0.3, -0.25) is 0 Å². The van der Waals surface area contributed by atoms with Crippen LogP contribution in [-0.2, 0) is 6.42 Å². The van der Waals surface area contributed by atoms with Gasteiger partial charge in [-0.2, -0.15) is 11.3 Å². The van der Waals surface area contributed by atoms with E-state index in [1.165, 1.54) is 5.56 Å². The Morgan fingerprint density at radius 3 is 3.00 bits per heavy atom. The van der Waals surface area contributed by atoms with Gasteiger partial charge in [-0.15, -0.1) is 0 Å². The molecule has 0 saturated heterocycles. The highest BCUT2D eigenvalue weighted by molar-refractivity contribution is 7.80. The van der Waals surface area contributed by atoms with Crippen LogP contribution >= 0.6 is 23.6 Å². The molecule has 0 aliphatic heterocycles. The van der Waals surface area contributed by atoms with Crippen molar-refractivity contribution < 1.29 is 0 Å². The second-order valence-corrected chi connectivity index (χ2v) is 5.11. The Bertz CT molecular complexity index is 537. The van der Waals surface area contributed by atoms with Crippen LogP contribution in [0.5, 0.6) is 0 Å². The summed E-state index contributed by atoms with van der Waals surface area (Å²) in [6, 6.07) is 3.90. The van der Waals surface area contributed by atoms with Gasteiger partial charge in [0.15, 0.2) is 0 Å². The van der Waals surface area contributed by atoms with Crippen LogP contribution in [0.1, 0.15) is 17.0 Å². The van der Waals surface area contributed by atoms with Crippen molar-refractivity contribution in [1.29, 1.82) is 0 Å². The number of nitrogens with two attached hydrogens (primary N) is 1. The smallest absolute Gasteiger partial charge is 0.223 e. The number of hydrogen-bond acceptors (Lipinski definition) is 5. The minimum atomic E-state index is 0.293. The number of hydrogen-bond donors (Lipinski definition) is 2. The van der Waals surface area contributed by atoms with E-state index in [-0.39, 0.29) is 0 Å². The van der Waals surface area contributed by atoms with E-state index < -0.39 is 0 Å². The van der Waals surface area contributed by atoms with Gasteiger partial charge in [0.1, 0.15) is 10.7 Å². The van der Waals surface area contributed by atoms with E-state index in [1.54, 1.807) is 17.4 Å². The van der Waals surface area contributed by atoms with E-state index in [9.17, 15) is 0 Å². The molecule has 0 radical (unpaired) electrons. The first-order valence-electron chi connectivity index (χ1n) is 5.55. The van der Waals surface area contributed by atoms with E-state index in [1.807, 2.05) is 6.92 Å². The third-order valence-corrected chi connectivity index (χ3v) is 3.32. The molecule has 0 spiro atoms. The van der Waals surface area contributed by atoms with Gasteiger partial charge in [-0.25, -0.2) is 9.97 Å². The van der Waals surface area contributed by atoms with Gasteiger partial charge in [0.05, 0.1) is 0 Å². The molecule has 6 heteroatoms. The number of aromatic nitrogens is 2. The molecule has 2 aromatic rings. The van der Waals surface area contributed by atoms with Crippen LogP contribution in [0, 0.1) is 6.92 Å². The number of nitrogens with zero attached hydrogens (tertiary/aromatic N) is 2. The molecule has 0 aliphatic carbocycles. The molecule has 3 N–H and O–H groups in total. The molecule has 0 bridgehead atoms. The summed E-state index contributed by atoms with van der Waals surface area (Å²) in [6.45, 7) is 2.68. The highest BCUT2D eigenvalue weighted by atomic mass is 32.1. The van der Waals surface area contributed by atoms with Crippen LogP contribution in [-0.4, -0.2) is 21.5 Å². The molecule has 2 rings (SSSR count). The molecular formula is C12H14N4S2. The van der Waals surface area contributed by atoms with Crippen LogP contribution in [0.2, 0.25) is 0 Å². The largest absolute Gasteiger partial charge is 0.388 e. The lowest BCUT2D eigenvalue weighted by molar-refractivity contribution is 0.976. The Morgan fingerprint density at radius 1 is 1.50 bits per heavy atom. The predicted octanol–water partition coefficient (Wildman–Crippen LogP) is 2.14. The van der Waals surface area contributed by atoms with Gasteiger partial charge in [0.25, 0.3) is 0 Å². The first-order chi connectivity index (χ1) is 8.65. The Morgan fingerprint density at radius 2 is 2.33 bits per heavy atom. The number of nitrogens with one attached hydrogen (secondary N) is 1. The van der Waals surface area contributed by atoms with Gasteiger partial charge < -0.3 is 11.1 Å². The monoisotopic (exact) mass is 278 g/mol. The van der Waals surface area contributed by atoms with Crippen molar-refractivity contribution in [2.24, 2.45) is 5.73 Å². The molecule has 0 fully saturated rings. The van der Waals surface area contributed by atoms with Crippen molar-refractivity contribution in [2.45, 2.75) is 13.3 Å². The van der Waals surface area contributed by atoms with E-state index >= 15 is 0 Å². The summed E-state index contributed by atoms with van der Waals surface area (Å²) < 4.78 is 0. The number of rotatable bonds is 5. The van der Waals surface area contributed by atoms with Crippen molar-refractivity contribution in [2.75, 3.05) is 11.9 Å². The van der Waals surface area contributed by atoms with E-state index in [2.05, 4.69) is 32.1 Å². The zero-order valence-electron chi connectivity index (χ0n) is 10.0. The topological polar surface area (TPSA) is 63.8 Å². The van der Waals surface area contributed by atoms with Crippen molar-refractivity contribution >= 4 is 34.5 Å². The molecule has 94 valence electrons. The maximum absolute atomic E-state index is 5.57. The molecule has 2 aromatic heterocycles. The van der Waals surface area contributed by atoms with Crippen molar-refractivity contribution in [1.82, 2.24) is 9.97 Å². The normalized spacial score (nSPS) is 10.3. The summed E-state index contributed by atoms with van der Waals surface area (Å²) in [6.07, 6.45) is 0.948. The fraction of sp³-hybridized carbons (Fsp3) is 0.250. The Labute approximate surface area is 115 Å². The number of aryl methyl sites for hydroxylation is 1. The molecule has 0 unspecified atom stereocenters. The van der Waals surface area contributed by atoms with E-state index in [0.29, 0.717) is 16.6 Å². The van der Waals surface area contributed by atoms with Crippen LogP contribution < -0.4 is 11.1 Å². The maximum atomic E-state index is 5.57. The molecule has 0 aromatic carbocycles. The molecule has 0 amide bonds. The Kier molecular flexibility index (Phi) is 4.22. The lowest BCUT2D eigenvalue weighted by Gasteiger charge is -2.06. The van der Waals surface area contributed by atoms with Crippen LogP contribution in [0.3, 0.4) is 0 Å². The second kappa shape index (κ2) is 5.88. The van der Waals surface area contributed by atoms with E-state index in [0.717, 1.165) is 18.7 Å². The van der Waals surface area contributed by atoms with Gasteiger partial charge in [0, 0.05) is 12.2 Å². The van der Waals surface area contributed by atoms with Gasteiger partial charge in [0.2, 0.25) is 5.95 Å². The first-order valence-corrected chi connectivity index (χ1v) is 6.90. The van der Waals surface area contributed by atoms with Gasteiger partial charge in [-0.05, 0) is 41.8 Å². The molecule has 4 nitrogen and oxygen atoms in total. The highest BCUT2D eigenvalue weighted by Crippen LogP contribution is 2.08. The lowest BCUT2D eigenvalue weighted by Crippen LogP contribution is -2.15. The summed E-state index contributed by atoms with van der Waals surface area (Å²) >= 11 is 6.62. The van der Waals surface area contributed by atoms with Crippen LogP contribution in [0.4, 0.5) is 5.95 Å². The third kappa shape index (κ3) is 3.48. The summed E-state index contributed by atoms with van der Waals surface area (Å²) in [5.74, 6) is 0.577. The third-order valence-electron chi connectivity index (χ3n) is 2.38. The average molecular weight is 278 g/mol. The average Bonchev–Trinajstić information content (AvgIpc) is 2.81. The fourth-order valence-electron chi connectivity index (χ4n) is 1.53. The highest BCUT2D eigenvalue weighted by Gasteiger charge is 2.04. The summed E-state index contributed by atoms with van der Waals surface area (Å²) in [5.41, 5.74) is 8.35. The van der Waals surface area contributed by atoms with Crippen LogP contribution in [0.15, 0.2) is 22.9 Å². The summed E-state index contributed by atoms with van der Waals surface area (Å²) in [7, 11) is 0. The summed E-state index contributed by atoms with van der Waals surface area (Å²) in [4.78, 5) is 8.86. The summed E-state index contributed by atoms with van der Waals surface area (Å²) in [5, 5.41) is 7.40. The minimum absolute atomic E-state index is 0.293. The molecule has 2 heterocycles. The zero-order chi connectivity index (χ0) is 13.0. The number of thiophene rings is 1. The number of anilines is 1. The van der Waals surface area contributed by atoms with Crippen molar-refractivity contribution in [3.05, 3.63) is 39.8 Å². The molecule has 0 aliphatic rings. The predicted molar refractivity (Wildman–Crippen MR) is 79.2 cm³/mol. The van der Waals surface area contributed by atoms with Crippen molar-refractivity contribution in [3.8, 4) is 0 Å². The first kappa shape index (κ1) is 12.9. The standard InChI is InChI=1S/C12H14N4S2/c1-8-6-10(11(13)17)16-12(15-8)14-4-2-9-3-5-18-7-9/h3,5-7H,2,4H2,1H3,(H2,13,17)(H,14,15,16). The van der Waals surface area contributed by atoms with Gasteiger partial charge >= 0.3 is 0 Å². The molecule has 18 heavy (non-hydrogen) atoms. The SMILES string of the molecule is Cc1cc(C(N)=S)nc(NCCc2ccsc2)n1. The number of thiocarbonyl (C=S) groups is 1. The van der Waals surface area contributed by atoms with Crippen LogP contribution in [0.25, 0.3) is 0 Å². The fourth-order valence-corrected chi connectivity index (χ4v) is 2.34. The van der Waals surface area contributed by atoms with E-state index in [4.69, 9.17) is 18.0 Å². The van der Waals surface area contributed by atoms with Crippen molar-refractivity contribution in [3.63, 3.8) is 0 Å². The Hall–Kier alpha value is -1.53.